The van der Waals surface area contributed by atoms with Crippen LogP contribution in [0.15, 0.2) is 24.3 Å². The van der Waals surface area contributed by atoms with Crippen molar-refractivity contribution in [3.63, 3.8) is 0 Å². The van der Waals surface area contributed by atoms with Gasteiger partial charge in [0.15, 0.2) is 0 Å². The van der Waals surface area contributed by atoms with Gasteiger partial charge in [0.1, 0.15) is 12.4 Å². The van der Waals surface area contributed by atoms with E-state index in [9.17, 15) is 17.6 Å². The number of nitrogens with one attached hydrogen (secondary N) is 1. The van der Waals surface area contributed by atoms with E-state index in [2.05, 4.69) is 10.1 Å². The van der Waals surface area contributed by atoms with Crippen LogP contribution in [0.5, 0.6) is 0 Å². The number of hydrogen-bond donors (Lipinski definition) is 1. The van der Waals surface area contributed by atoms with Crippen LogP contribution in [0.4, 0.5) is 17.6 Å². The lowest BCUT2D eigenvalue weighted by Crippen LogP contribution is -2.25. The van der Waals surface area contributed by atoms with Crippen molar-refractivity contribution in [3.8, 4) is 0 Å². The van der Waals surface area contributed by atoms with Gasteiger partial charge >= 0.3 is 6.18 Å². The molecule has 1 aromatic carbocycles. The normalized spacial score (nSPS) is 13.4. The number of alkyl halides is 3. The number of benzene rings is 1. The summed E-state index contributed by atoms with van der Waals surface area (Å²) in [4.78, 5) is 0. The molecule has 0 saturated carbocycles. The standard InChI is InChI=1S/C15H21F4NO/c1-2-8-20-10-12(7-9-21-11-15(17,18)19)13-5-3-4-6-14(13)16/h3-6,12,20H,2,7-11H2,1H3. The summed E-state index contributed by atoms with van der Waals surface area (Å²) in [5.41, 5.74) is 0.511. The molecule has 1 atom stereocenters. The predicted octanol–water partition coefficient (Wildman–Crippen LogP) is 3.88. The van der Waals surface area contributed by atoms with E-state index in [1.807, 2.05) is 6.92 Å². The van der Waals surface area contributed by atoms with Crippen LogP contribution in [0, 0.1) is 5.82 Å². The molecule has 0 aliphatic heterocycles. The van der Waals surface area contributed by atoms with Gasteiger partial charge in [-0.1, -0.05) is 25.1 Å². The van der Waals surface area contributed by atoms with E-state index in [4.69, 9.17) is 0 Å². The summed E-state index contributed by atoms with van der Waals surface area (Å²) in [5, 5.41) is 3.17. The molecular weight excluding hydrogens is 286 g/mol. The fourth-order valence-electron chi connectivity index (χ4n) is 2.04. The fourth-order valence-corrected chi connectivity index (χ4v) is 2.04. The Labute approximate surface area is 122 Å². The minimum atomic E-state index is -4.33. The van der Waals surface area contributed by atoms with Crippen molar-refractivity contribution in [2.75, 3.05) is 26.3 Å². The first kappa shape index (κ1) is 17.9. The van der Waals surface area contributed by atoms with Gasteiger partial charge in [0.05, 0.1) is 0 Å². The van der Waals surface area contributed by atoms with Gasteiger partial charge in [-0.2, -0.15) is 13.2 Å². The van der Waals surface area contributed by atoms with Gasteiger partial charge in [-0.05, 0) is 31.0 Å². The highest BCUT2D eigenvalue weighted by Gasteiger charge is 2.27. The molecule has 0 radical (unpaired) electrons. The zero-order chi connectivity index (χ0) is 15.7. The monoisotopic (exact) mass is 307 g/mol. The van der Waals surface area contributed by atoms with Crippen molar-refractivity contribution < 1.29 is 22.3 Å². The molecule has 2 nitrogen and oxygen atoms in total. The second-order valence-corrected chi connectivity index (χ2v) is 4.88. The third-order valence-corrected chi connectivity index (χ3v) is 3.04. The van der Waals surface area contributed by atoms with Gasteiger partial charge in [0.25, 0.3) is 0 Å². The van der Waals surface area contributed by atoms with Crippen molar-refractivity contribution >= 4 is 0 Å². The summed E-state index contributed by atoms with van der Waals surface area (Å²) in [6.07, 6.45) is -3.05. The van der Waals surface area contributed by atoms with Crippen LogP contribution in [0.2, 0.25) is 0 Å². The van der Waals surface area contributed by atoms with Crippen LogP contribution in [-0.2, 0) is 4.74 Å². The van der Waals surface area contributed by atoms with E-state index < -0.39 is 12.8 Å². The van der Waals surface area contributed by atoms with Crippen molar-refractivity contribution in [2.24, 2.45) is 0 Å². The second-order valence-electron chi connectivity index (χ2n) is 4.88. The molecule has 21 heavy (non-hydrogen) atoms. The Hall–Kier alpha value is -1.14. The Morgan fingerprint density at radius 2 is 1.95 bits per heavy atom. The predicted molar refractivity (Wildman–Crippen MR) is 73.8 cm³/mol. The molecule has 1 unspecified atom stereocenters. The molecule has 1 aromatic rings. The summed E-state index contributed by atoms with van der Waals surface area (Å²) in [6, 6.07) is 6.34. The summed E-state index contributed by atoms with van der Waals surface area (Å²) in [7, 11) is 0. The van der Waals surface area contributed by atoms with Crippen LogP contribution in [0.3, 0.4) is 0 Å². The van der Waals surface area contributed by atoms with Crippen molar-refractivity contribution in [1.29, 1.82) is 0 Å². The quantitative estimate of drug-likeness (QED) is 0.552. The average molecular weight is 307 g/mol. The molecule has 0 aromatic heterocycles. The fraction of sp³-hybridized carbons (Fsp3) is 0.600. The molecule has 0 spiro atoms. The summed E-state index contributed by atoms with van der Waals surface area (Å²) in [6.45, 7) is 2.00. The zero-order valence-corrected chi connectivity index (χ0v) is 12.0. The molecule has 1 rings (SSSR count). The number of halogens is 4. The van der Waals surface area contributed by atoms with Gasteiger partial charge in [0, 0.05) is 19.1 Å². The Morgan fingerprint density at radius 1 is 1.24 bits per heavy atom. The van der Waals surface area contributed by atoms with E-state index in [1.165, 1.54) is 6.07 Å². The number of rotatable bonds is 9. The molecule has 0 bridgehead atoms. The molecule has 0 amide bonds. The highest BCUT2D eigenvalue weighted by molar-refractivity contribution is 5.22. The maximum atomic E-state index is 13.8. The Kier molecular flexibility index (Phi) is 7.67. The van der Waals surface area contributed by atoms with Gasteiger partial charge in [-0.15, -0.1) is 0 Å². The van der Waals surface area contributed by atoms with Gasteiger partial charge in [-0.25, -0.2) is 4.39 Å². The first-order valence-corrected chi connectivity index (χ1v) is 7.03. The Morgan fingerprint density at radius 3 is 2.57 bits per heavy atom. The van der Waals surface area contributed by atoms with Crippen LogP contribution >= 0.6 is 0 Å². The summed E-state index contributed by atoms with van der Waals surface area (Å²) < 4.78 is 54.5. The maximum Gasteiger partial charge on any atom is 0.411 e. The van der Waals surface area contributed by atoms with E-state index >= 15 is 0 Å². The Bertz CT molecular complexity index is 409. The minimum Gasteiger partial charge on any atom is -0.372 e. The first-order chi connectivity index (χ1) is 9.94. The van der Waals surface area contributed by atoms with E-state index in [-0.39, 0.29) is 18.3 Å². The molecule has 6 heteroatoms. The molecule has 1 N–H and O–H groups in total. The average Bonchev–Trinajstić information content (AvgIpc) is 2.41. The largest absolute Gasteiger partial charge is 0.411 e. The smallest absolute Gasteiger partial charge is 0.372 e. The summed E-state index contributed by atoms with van der Waals surface area (Å²) in [5.74, 6) is -0.539. The van der Waals surface area contributed by atoms with Crippen LogP contribution < -0.4 is 5.32 Å². The molecular formula is C15H21F4NO. The topological polar surface area (TPSA) is 21.3 Å². The van der Waals surface area contributed by atoms with Gasteiger partial charge in [0.2, 0.25) is 0 Å². The molecule has 0 aliphatic carbocycles. The molecule has 0 fully saturated rings. The van der Waals surface area contributed by atoms with E-state index in [0.717, 1.165) is 13.0 Å². The first-order valence-electron chi connectivity index (χ1n) is 7.03. The van der Waals surface area contributed by atoms with Gasteiger partial charge < -0.3 is 10.1 Å². The van der Waals surface area contributed by atoms with Gasteiger partial charge in [-0.3, -0.25) is 0 Å². The number of hydrogen-bond acceptors (Lipinski definition) is 2. The van der Waals surface area contributed by atoms with Crippen molar-refractivity contribution in [3.05, 3.63) is 35.6 Å². The lowest BCUT2D eigenvalue weighted by molar-refractivity contribution is -0.174. The highest BCUT2D eigenvalue weighted by atomic mass is 19.4. The van der Waals surface area contributed by atoms with Crippen LogP contribution in [-0.4, -0.2) is 32.5 Å². The van der Waals surface area contributed by atoms with Crippen LogP contribution in [0.25, 0.3) is 0 Å². The molecule has 120 valence electrons. The SMILES string of the molecule is CCCNCC(CCOCC(F)(F)F)c1ccccc1F. The lowest BCUT2D eigenvalue weighted by Gasteiger charge is -2.19. The third kappa shape index (κ3) is 7.43. The second kappa shape index (κ2) is 9.00. The zero-order valence-electron chi connectivity index (χ0n) is 12.0. The van der Waals surface area contributed by atoms with Crippen molar-refractivity contribution in [1.82, 2.24) is 5.32 Å². The third-order valence-electron chi connectivity index (χ3n) is 3.04. The molecule has 0 saturated heterocycles. The van der Waals surface area contributed by atoms with Crippen molar-refractivity contribution in [2.45, 2.75) is 31.9 Å². The van der Waals surface area contributed by atoms with E-state index in [1.54, 1.807) is 18.2 Å². The summed E-state index contributed by atoms with van der Waals surface area (Å²) >= 11 is 0. The number of ether oxygens (including phenoxy) is 1. The minimum absolute atomic E-state index is 0.0493. The lowest BCUT2D eigenvalue weighted by atomic mass is 9.95. The molecule has 0 aliphatic rings. The maximum absolute atomic E-state index is 13.8. The van der Waals surface area contributed by atoms with Crippen LogP contribution in [0.1, 0.15) is 31.2 Å². The molecule has 0 heterocycles. The highest BCUT2D eigenvalue weighted by Crippen LogP contribution is 2.23. The van der Waals surface area contributed by atoms with E-state index in [0.29, 0.717) is 18.5 Å². The Balaban J connectivity index is 2.55.